The number of pyridine rings is 2. The lowest BCUT2D eigenvalue weighted by atomic mass is 9.87. The van der Waals surface area contributed by atoms with Crippen LogP contribution in [0.1, 0.15) is 112 Å². The first-order chi connectivity index (χ1) is 64.5. The predicted octanol–water partition coefficient (Wildman–Crippen LogP) is 19.7. The van der Waals surface area contributed by atoms with Gasteiger partial charge in [-0.1, -0.05) is 106 Å². The maximum absolute atomic E-state index is 12.9. The van der Waals surface area contributed by atoms with Gasteiger partial charge in [0.1, 0.15) is 11.6 Å². The van der Waals surface area contributed by atoms with Crippen molar-refractivity contribution in [3.63, 3.8) is 0 Å². The number of aromatic nitrogens is 12. The molecule has 136 heavy (non-hydrogen) atoms. The molecule has 7 aromatic heterocycles. The topological polar surface area (TPSA) is 372 Å². The molecule has 0 unspecified atom stereocenters. The number of hydrogen-bond donors (Lipinski definition) is 6. The maximum atomic E-state index is 12.9. The van der Waals surface area contributed by atoms with Gasteiger partial charge in [-0.15, -0.1) is 0 Å². The summed E-state index contributed by atoms with van der Waals surface area (Å²) in [7, 11) is -11.9. The minimum absolute atomic E-state index is 0.0193. The van der Waals surface area contributed by atoms with Crippen molar-refractivity contribution >= 4 is 89.4 Å². The normalized spacial score (nSPS) is 13.4. The summed E-state index contributed by atoms with van der Waals surface area (Å²) in [5, 5.41) is 21.3. The number of nitrogens with two attached hydrogens (primary N) is 1. The van der Waals surface area contributed by atoms with Crippen molar-refractivity contribution in [2.24, 2.45) is 26.3 Å². The average Bonchev–Trinajstić information content (AvgIpc) is 1.02. The van der Waals surface area contributed by atoms with Gasteiger partial charge in [0.25, 0.3) is 0 Å². The molecule has 7 heterocycles. The number of hydrogen-bond acceptors (Lipinski definition) is 22. The Labute approximate surface area is 786 Å². The molecule has 0 aliphatic heterocycles. The summed E-state index contributed by atoms with van der Waals surface area (Å²) in [5.41, 5.74) is 13.1. The fourth-order valence-corrected chi connectivity index (χ4v) is 18.5. The Hall–Kier alpha value is -13.6. The van der Waals surface area contributed by atoms with Crippen molar-refractivity contribution in [2.45, 2.75) is 135 Å². The second-order valence-electron chi connectivity index (χ2n) is 32.6. The molecule has 712 valence electrons. The van der Waals surface area contributed by atoms with Crippen LogP contribution in [0, 0.1) is 0 Å². The van der Waals surface area contributed by atoms with E-state index in [0.29, 0.717) is 67.7 Å². The van der Waals surface area contributed by atoms with Gasteiger partial charge in [-0.3, -0.25) is 0 Å². The van der Waals surface area contributed by atoms with E-state index in [4.69, 9.17) is 5.14 Å². The summed E-state index contributed by atoms with van der Waals surface area (Å²) >= 11 is 0. The van der Waals surface area contributed by atoms with E-state index in [1.54, 1.807) is 105 Å². The molecule has 39 heteroatoms. The SMILES string of the molecule is CCS(=O)(=O)c1ccc(NCc2ccccc2)c(-c2cn(C(C)C)cn2)c1.CCS(=O)(=O)c1ccc(NCc2ccccc2)c(-c2cn(C3CC3)cn2)c1.CCS(=O)(=O)c1ccc(N[C@@H]2CCCc3ccccc32)c(-c2cn(C)cn2)c1.Cn1cnc(-c2cc(S(C)(=O)=O)ccc2Nc2cc(C(F)(F)F)ccn2)c1.Cn1cnc(-c2cc(S(N)(=O)=O)ccc2Nc2cc(C(F)(F)F)ccn2)c1. The fourth-order valence-electron chi connectivity index (χ4n) is 14.6. The number of nitrogens with zero attached hydrogens (tertiary/aromatic N) is 12. The molecule has 0 amide bonds. The molecule has 7 N–H and O–H groups in total. The smallest absolute Gasteiger partial charge is 0.380 e. The number of alkyl halides is 6. The third-order valence-corrected chi connectivity index (χ3v) is 29.5. The van der Waals surface area contributed by atoms with Gasteiger partial charge in [-0.2, -0.15) is 26.3 Å². The number of fused-ring (bicyclic) bond motifs is 1. The highest BCUT2D eigenvalue weighted by Crippen LogP contribution is 2.42. The van der Waals surface area contributed by atoms with E-state index in [-0.39, 0.29) is 50.8 Å². The van der Waals surface area contributed by atoms with E-state index in [0.717, 1.165) is 124 Å². The van der Waals surface area contributed by atoms with E-state index in [1.165, 1.54) is 73.0 Å². The number of sulfone groups is 4. The lowest BCUT2D eigenvalue weighted by Gasteiger charge is -2.28. The van der Waals surface area contributed by atoms with Gasteiger partial charge in [0.05, 0.1) is 119 Å². The van der Waals surface area contributed by atoms with Gasteiger partial charge in [-0.05, 0) is 183 Å². The van der Waals surface area contributed by atoms with Crippen LogP contribution in [-0.2, 0) is 102 Å². The Kier molecular flexibility index (Phi) is 31.2. The molecule has 1 atom stereocenters. The molecule has 0 radical (unpaired) electrons. The Morgan fingerprint density at radius 1 is 0.412 bits per heavy atom. The molecule has 15 aromatic rings. The van der Waals surface area contributed by atoms with Crippen LogP contribution >= 0.6 is 0 Å². The van der Waals surface area contributed by atoms with Crippen molar-refractivity contribution < 1.29 is 68.4 Å². The zero-order valence-electron chi connectivity index (χ0n) is 75.6. The van der Waals surface area contributed by atoms with Gasteiger partial charge >= 0.3 is 12.4 Å². The van der Waals surface area contributed by atoms with E-state index in [1.807, 2.05) is 95.7 Å². The monoisotopic (exact) mass is 1950 g/mol. The van der Waals surface area contributed by atoms with Crippen molar-refractivity contribution in [3.8, 4) is 56.3 Å². The molecular weight excluding hydrogens is 1850 g/mol. The molecule has 0 saturated heterocycles. The summed E-state index contributed by atoms with van der Waals surface area (Å²) in [4.78, 5) is 30.6. The summed E-state index contributed by atoms with van der Waals surface area (Å²) in [5.74, 6) is 0.167. The minimum Gasteiger partial charge on any atom is -0.380 e. The van der Waals surface area contributed by atoms with Gasteiger partial charge in [0.15, 0.2) is 39.3 Å². The highest BCUT2D eigenvalue weighted by molar-refractivity contribution is 7.92. The second-order valence-corrected chi connectivity index (χ2v) is 43.1. The number of primary sulfonamides is 1. The molecule has 28 nitrogen and oxygen atoms in total. The highest BCUT2D eigenvalue weighted by Gasteiger charge is 2.33. The van der Waals surface area contributed by atoms with E-state index < -0.39 is 72.9 Å². The van der Waals surface area contributed by atoms with Gasteiger partial charge in [0.2, 0.25) is 10.0 Å². The number of nitrogens with one attached hydrogen (secondary N) is 5. The number of sulfonamides is 1. The summed E-state index contributed by atoms with van der Waals surface area (Å²) in [6.45, 7) is 10.5. The maximum Gasteiger partial charge on any atom is 0.416 e. The number of benzene rings is 8. The van der Waals surface area contributed by atoms with E-state index in [2.05, 4.69) is 128 Å². The van der Waals surface area contributed by atoms with Gasteiger partial charge in [0, 0.05) is 152 Å². The van der Waals surface area contributed by atoms with Crippen molar-refractivity contribution in [1.29, 1.82) is 0 Å². The predicted molar refractivity (Wildman–Crippen MR) is 516 cm³/mol. The number of halogens is 6. The largest absolute Gasteiger partial charge is 0.416 e. The first kappa shape index (κ1) is 99.9. The lowest BCUT2D eigenvalue weighted by Crippen LogP contribution is -2.18. The van der Waals surface area contributed by atoms with Crippen molar-refractivity contribution in [1.82, 2.24) is 57.7 Å². The van der Waals surface area contributed by atoms with Crippen LogP contribution in [0.5, 0.6) is 0 Å². The molecule has 17 rings (SSSR count). The van der Waals surface area contributed by atoms with Crippen LogP contribution in [0.4, 0.5) is 66.4 Å². The van der Waals surface area contributed by atoms with Gasteiger partial charge < -0.3 is 49.4 Å². The number of aryl methyl sites for hydroxylation is 4. The lowest BCUT2D eigenvalue weighted by molar-refractivity contribution is -0.138. The van der Waals surface area contributed by atoms with Crippen LogP contribution in [0.25, 0.3) is 56.3 Å². The highest BCUT2D eigenvalue weighted by atomic mass is 32.2. The van der Waals surface area contributed by atoms with Crippen LogP contribution in [0.15, 0.2) is 300 Å². The second kappa shape index (κ2) is 42.5. The van der Waals surface area contributed by atoms with Gasteiger partial charge in [-0.25, -0.2) is 82.1 Å². The molecule has 2 aliphatic carbocycles. The molecule has 0 spiro atoms. The standard InChI is InChI=1S/C22H25N3O2S.C21H23N3O2S.C21H25N3O2S.C17H15F3N4O2S.C16H14F3N5O2S/c1-3-28(26,27)17-11-12-21(19(13-17)22-14-25(2)15-23-22)24-20-10-6-8-16-7-4-5-9-18(16)20;1-2-27(25,26)18-10-11-20(22-13-16-6-4-3-5-7-16)19(12-18)21-14-24(15-23-21)17-8-9-17;1-4-27(25,26)18-10-11-20(22-13-17-8-6-5-7-9-17)19(12-18)21-14-24(15-23-21)16(2)3;1-24-9-15(22-10-24)13-8-12(27(2,25)26)3-4-14(13)23-16-7-11(5-6-21-16)17(18,19)20;1-24-8-14(22-9-24)12-7-11(27(20,25)26)2-3-13(12)23-15-6-10(4-5-21-15)16(17,18)19/h4-5,7,9,11-15,20,24H,3,6,8,10H2,1-2H3;3-7,10-12,14-15,17,22H,2,8-9,13H2,1H3;5-12,14-16,22H,4,13H2,1-3H3;3-10H,1-2H3,(H,21,23);2-9H,1H3,(H,21,23)(H2,20,25,26)/t20-;;;;/m1..../s1. The summed E-state index contributed by atoms with van der Waals surface area (Å²) < 4.78 is 208. The first-order valence-electron chi connectivity index (χ1n) is 43.2. The Bertz CT molecular complexity index is 7020. The molecule has 0 bridgehead atoms. The quantitative estimate of drug-likeness (QED) is 0.0260. The van der Waals surface area contributed by atoms with Crippen LogP contribution < -0.4 is 31.7 Å². The molecular formula is C97H102F6N18O10S5. The fraction of sp³-hybridized carbons (Fsp3) is 0.247. The zero-order chi connectivity index (χ0) is 97.7. The Morgan fingerprint density at radius 3 is 1.20 bits per heavy atom. The molecule has 8 aromatic carbocycles. The Morgan fingerprint density at radius 2 is 0.787 bits per heavy atom. The molecule has 2 aliphatic rings. The number of rotatable bonds is 27. The molecule has 1 saturated carbocycles. The number of anilines is 7. The molecule has 1 fully saturated rings. The average molecular weight is 1950 g/mol. The van der Waals surface area contributed by atoms with Crippen LogP contribution in [-0.4, -0.2) is 123 Å². The minimum atomic E-state index is -4.51. The van der Waals surface area contributed by atoms with Crippen LogP contribution in [0.2, 0.25) is 0 Å². The summed E-state index contributed by atoms with van der Waals surface area (Å²) in [6, 6.07) is 57.3. The summed E-state index contributed by atoms with van der Waals surface area (Å²) in [6.07, 6.45) is 17.4. The van der Waals surface area contributed by atoms with E-state index in [9.17, 15) is 68.4 Å². The van der Waals surface area contributed by atoms with Crippen molar-refractivity contribution in [2.75, 3.05) is 50.1 Å². The Balaban J connectivity index is 0.000000144. The van der Waals surface area contributed by atoms with E-state index >= 15 is 0 Å². The number of imidazole rings is 5. The first-order valence-corrected chi connectivity index (χ1v) is 51.6. The van der Waals surface area contributed by atoms with Crippen LogP contribution in [0.3, 0.4) is 0 Å². The third kappa shape index (κ3) is 25.9. The zero-order valence-corrected chi connectivity index (χ0v) is 79.7. The third-order valence-electron chi connectivity index (χ3n) is 22.2. The van der Waals surface area contributed by atoms with Crippen molar-refractivity contribution in [3.05, 3.63) is 309 Å².